The van der Waals surface area contributed by atoms with E-state index in [0.29, 0.717) is 17.2 Å². The number of hydrazine groups is 1. The van der Waals surface area contributed by atoms with Gasteiger partial charge in [0.1, 0.15) is 17.2 Å². The molecule has 2 aromatic carbocycles. The van der Waals surface area contributed by atoms with Crippen LogP contribution in [0.2, 0.25) is 0 Å². The summed E-state index contributed by atoms with van der Waals surface area (Å²) in [5.74, 6) is 0.720. The van der Waals surface area contributed by atoms with Gasteiger partial charge in [0.2, 0.25) is 0 Å². The third-order valence-corrected chi connectivity index (χ3v) is 2.85. The van der Waals surface area contributed by atoms with Gasteiger partial charge in [-0.25, -0.2) is 15.0 Å². The number of methoxy groups -OCH3 is 2. The Balaban J connectivity index is 2.30. The van der Waals surface area contributed by atoms with E-state index in [9.17, 15) is 9.59 Å². The second-order valence-corrected chi connectivity index (χ2v) is 4.29. The molecule has 0 unspecified atom stereocenters. The lowest BCUT2D eigenvalue weighted by atomic mass is 10.3. The molecule has 0 aliphatic carbocycles. The van der Waals surface area contributed by atoms with E-state index in [1.165, 1.54) is 14.2 Å². The molecule has 0 aromatic heterocycles. The van der Waals surface area contributed by atoms with Crippen molar-refractivity contribution < 1.29 is 23.8 Å². The fourth-order valence-corrected chi connectivity index (χ4v) is 1.79. The normalized spacial score (nSPS) is 9.65. The number of amides is 2. The van der Waals surface area contributed by atoms with Crippen molar-refractivity contribution in [3.05, 3.63) is 54.6 Å². The molecular weight excluding hydrogens is 300 g/mol. The molecule has 0 aliphatic rings. The van der Waals surface area contributed by atoms with E-state index in [0.717, 1.165) is 5.01 Å². The maximum atomic E-state index is 12.4. The number of nitrogens with one attached hydrogen (secondary N) is 1. The first kappa shape index (κ1) is 16.2. The third-order valence-electron chi connectivity index (χ3n) is 2.85. The average Bonchev–Trinajstić information content (AvgIpc) is 2.60. The number of hydrogen-bond donors (Lipinski definition) is 1. The average molecular weight is 316 g/mol. The van der Waals surface area contributed by atoms with E-state index in [1.54, 1.807) is 54.6 Å². The predicted molar refractivity (Wildman–Crippen MR) is 83.5 cm³/mol. The van der Waals surface area contributed by atoms with Gasteiger partial charge in [-0.05, 0) is 24.3 Å². The lowest BCUT2D eigenvalue weighted by Gasteiger charge is -2.23. The van der Waals surface area contributed by atoms with Gasteiger partial charge < -0.3 is 14.2 Å². The van der Waals surface area contributed by atoms with Crippen LogP contribution >= 0.6 is 0 Å². The Bertz CT molecular complexity index is 675. The highest BCUT2D eigenvalue weighted by atomic mass is 16.6. The highest BCUT2D eigenvalue weighted by Crippen LogP contribution is 2.27. The molecule has 0 atom stereocenters. The lowest BCUT2D eigenvalue weighted by Crippen LogP contribution is -2.48. The van der Waals surface area contributed by atoms with Crippen LogP contribution in [-0.2, 0) is 4.74 Å². The molecule has 7 nitrogen and oxygen atoms in total. The van der Waals surface area contributed by atoms with Crippen LogP contribution in [0.1, 0.15) is 0 Å². The Morgan fingerprint density at radius 2 is 1.61 bits per heavy atom. The van der Waals surface area contributed by atoms with E-state index in [4.69, 9.17) is 9.47 Å². The standard InChI is InChI=1S/C16H16N2O5/c1-21-14-11-7-6-10-13(14)18(17-15(19)22-2)16(20)23-12-8-4-3-5-9-12/h3-11H,1-2H3,(H,17,19). The van der Waals surface area contributed by atoms with E-state index < -0.39 is 12.2 Å². The monoisotopic (exact) mass is 316 g/mol. The van der Waals surface area contributed by atoms with Gasteiger partial charge in [0.05, 0.1) is 14.2 Å². The van der Waals surface area contributed by atoms with Crippen molar-refractivity contribution >= 4 is 17.9 Å². The minimum absolute atomic E-state index is 0.307. The zero-order valence-electron chi connectivity index (χ0n) is 12.7. The molecule has 0 radical (unpaired) electrons. The summed E-state index contributed by atoms with van der Waals surface area (Å²) >= 11 is 0. The minimum Gasteiger partial charge on any atom is -0.494 e. The molecule has 0 heterocycles. The van der Waals surface area contributed by atoms with E-state index >= 15 is 0 Å². The molecule has 2 aromatic rings. The number of anilines is 1. The van der Waals surface area contributed by atoms with Crippen molar-refractivity contribution in [3.8, 4) is 11.5 Å². The number of hydrogen-bond acceptors (Lipinski definition) is 5. The summed E-state index contributed by atoms with van der Waals surface area (Å²) in [5.41, 5.74) is 2.60. The summed E-state index contributed by atoms with van der Waals surface area (Å²) < 4.78 is 15.0. The van der Waals surface area contributed by atoms with Gasteiger partial charge in [-0.15, -0.1) is 0 Å². The molecule has 2 rings (SSSR count). The van der Waals surface area contributed by atoms with Gasteiger partial charge in [0, 0.05) is 0 Å². The number of nitrogens with zero attached hydrogens (tertiary/aromatic N) is 1. The summed E-state index contributed by atoms with van der Waals surface area (Å²) in [6.45, 7) is 0. The van der Waals surface area contributed by atoms with Crippen LogP contribution in [0.5, 0.6) is 11.5 Å². The minimum atomic E-state index is -0.819. The first-order valence-electron chi connectivity index (χ1n) is 6.70. The molecule has 120 valence electrons. The molecule has 23 heavy (non-hydrogen) atoms. The van der Waals surface area contributed by atoms with Crippen molar-refractivity contribution in [2.45, 2.75) is 0 Å². The molecule has 0 fully saturated rings. The van der Waals surface area contributed by atoms with Crippen LogP contribution in [0.4, 0.5) is 15.3 Å². The summed E-state index contributed by atoms with van der Waals surface area (Å²) in [5, 5.41) is 0.914. The Morgan fingerprint density at radius 3 is 2.26 bits per heavy atom. The lowest BCUT2D eigenvalue weighted by molar-refractivity contribution is 0.165. The third kappa shape index (κ3) is 4.13. The molecule has 1 N–H and O–H groups in total. The van der Waals surface area contributed by atoms with Crippen molar-refractivity contribution in [1.29, 1.82) is 0 Å². The first-order valence-corrected chi connectivity index (χ1v) is 6.70. The Hall–Kier alpha value is -3.22. The first-order chi connectivity index (χ1) is 11.2. The van der Waals surface area contributed by atoms with E-state index in [-0.39, 0.29) is 0 Å². The largest absolute Gasteiger partial charge is 0.494 e. The van der Waals surface area contributed by atoms with Crippen molar-refractivity contribution in [3.63, 3.8) is 0 Å². The molecular formula is C16H16N2O5. The number of carbonyl (C=O) groups excluding carboxylic acids is 2. The van der Waals surface area contributed by atoms with Crippen LogP contribution in [-0.4, -0.2) is 26.4 Å². The zero-order valence-corrected chi connectivity index (χ0v) is 12.7. The zero-order chi connectivity index (χ0) is 16.7. The second kappa shape index (κ2) is 7.69. The molecule has 0 aliphatic heterocycles. The van der Waals surface area contributed by atoms with Gasteiger partial charge in [0.15, 0.2) is 0 Å². The SMILES string of the molecule is COC(=O)NN(C(=O)Oc1ccccc1)c1ccccc1OC. The Labute approximate surface area is 133 Å². The number of para-hydroxylation sites is 3. The molecule has 2 amide bonds. The van der Waals surface area contributed by atoms with Crippen LogP contribution < -0.4 is 19.9 Å². The fourth-order valence-electron chi connectivity index (χ4n) is 1.79. The van der Waals surface area contributed by atoms with Gasteiger partial charge in [0.25, 0.3) is 0 Å². The summed E-state index contributed by atoms with van der Waals surface area (Å²) in [6, 6.07) is 15.2. The quantitative estimate of drug-likeness (QED) is 0.881. The summed E-state index contributed by atoms with van der Waals surface area (Å²) in [6.07, 6.45) is -1.63. The van der Waals surface area contributed by atoms with Crippen LogP contribution in [0.15, 0.2) is 54.6 Å². The van der Waals surface area contributed by atoms with E-state index in [1.807, 2.05) is 0 Å². The van der Waals surface area contributed by atoms with Crippen LogP contribution in [0.3, 0.4) is 0 Å². The molecule has 0 saturated heterocycles. The van der Waals surface area contributed by atoms with E-state index in [2.05, 4.69) is 10.2 Å². The van der Waals surface area contributed by atoms with Gasteiger partial charge in [-0.3, -0.25) is 0 Å². The second-order valence-electron chi connectivity index (χ2n) is 4.29. The van der Waals surface area contributed by atoms with Crippen molar-refractivity contribution in [2.75, 3.05) is 19.2 Å². The van der Waals surface area contributed by atoms with Crippen molar-refractivity contribution in [1.82, 2.24) is 5.43 Å². The van der Waals surface area contributed by atoms with Crippen LogP contribution in [0.25, 0.3) is 0 Å². The van der Waals surface area contributed by atoms with Gasteiger partial charge in [-0.1, -0.05) is 30.3 Å². The molecule has 7 heteroatoms. The predicted octanol–water partition coefficient (Wildman–Crippen LogP) is 2.97. The summed E-state index contributed by atoms with van der Waals surface area (Å²) in [7, 11) is 2.65. The smallest absolute Gasteiger partial charge is 0.439 e. The highest BCUT2D eigenvalue weighted by molar-refractivity contribution is 5.93. The number of ether oxygens (including phenoxy) is 3. The Kier molecular flexibility index (Phi) is 5.40. The van der Waals surface area contributed by atoms with Crippen LogP contribution in [0, 0.1) is 0 Å². The maximum Gasteiger partial charge on any atom is 0.439 e. The molecule has 0 bridgehead atoms. The van der Waals surface area contributed by atoms with Crippen molar-refractivity contribution in [2.24, 2.45) is 0 Å². The number of rotatable bonds is 3. The summed E-state index contributed by atoms with van der Waals surface area (Å²) in [4.78, 5) is 23.9. The van der Waals surface area contributed by atoms with Gasteiger partial charge in [-0.2, -0.15) is 5.01 Å². The fraction of sp³-hybridized carbons (Fsp3) is 0.125. The topological polar surface area (TPSA) is 77.1 Å². The number of carbonyl (C=O) groups is 2. The Morgan fingerprint density at radius 1 is 0.957 bits per heavy atom. The maximum absolute atomic E-state index is 12.4. The molecule has 0 saturated carbocycles. The van der Waals surface area contributed by atoms with Gasteiger partial charge >= 0.3 is 12.2 Å². The molecule has 0 spiro atoms. The number of benzene rings is 2. The highest BCUT2D eigenvalue weighted by Gasteiger charge is 2.24.